The first-order chi connectivity index (χ1) is 12.2. The van der Waals surface area contributed by atoms with Crippen LogP contribution in [0.4, 0.5) is 0 Å². The van der Waals surface area contributed by atoms with Gasteiger partial charge in [0.05, 0.1) is 0 Å². The van der Waals surface area contributed by atoms with Gasteiger partial charge in [-0.05, 0) is 0 Å². The van der Waals surface area contributed by atoms with Gasteiger partial charge in [0.2, 0.25) is 0 Å². The molecule has 0 radical (unpaired) electrons. The molecule has 0 aliphatic carbocycles. The van der Waals surface area contributed by atoms with Gasteiger partial charge in [-0.15, -0.1) is 0 Å². The zero-order chi connectivity index (χ0) is 17.3. The Bertz CT molecular complexity index is 909. The Kier molecular flexibility index (Phi) is 4.67. The van der Waals surface area contributed by atoms with E-state index in [2.05, 4.69) is 71.1 Å². The number of benzene rings is 3. The second-order valence-corrected chi connectivity index (χ2v) is 9.32. The maximum absolute atomic E-state index is 12.5. The van der Waals surface area contributed by atoms with Crippen LogP contribution in [0.15, 0.2) is 78.9 Å². The van der Waals surface area contributed by atoms with Gasteiger partial charge < -0.3 is 0 Å². The summed E-state index contributed by atoms with van der Waals surface area (Å²) in [6.45, 7) is 0. The van der Waals surface area contributed by atoms with E-state index < -0.39 is 5.60 Å². The Morgan fingerprint density at radius 2 is 1.56 bits per heavy atom. The first-order valence-electron chi connectivity index (χ1n) is 7.96. The molecular weight excluding hydrogens is 490 g/mol. The van der Waals surface area contributed by atoms with Gasteiger partial charge in [-0.3, -0.25) is 0 Å². The third-order valence-electron chi connectivity index (χ3n) is 4.34. The minimum absolute atomic E-state index is 0.196. The van der Waals surface area contributed by atoms with Crippen LogP contribution < -0.4 is 4.46 Å². The van der Waals surface area contributed by atoms with Crippen LogP contribution in [0.25, 0.3) is 0 Å². The number of carbonyl (C=O) groups excluding carboxylic acids is 1. The number of cyclic esters (lactones) is 1. The minimum atomic E-state index is -0.687. The standard InChI is InChI=1S/C21H15IO2Se/c22-16-12-10-15(11-13-16)21(14-25-17-6-2-1-3-7-17)19-9-5-4-8-18(19)20(23)24-21/h1-13H,14H2. The average molecular weight is 505 g/mol. The van der Waals surface area contributed by atoms with Crippen LogP contribution >= 0.6 is 22.6 Å². The van der Waals surface area contributed by atoms with Gasteiger partial charge in [0.15, 0.2) is 0 Å². The topological polar surface area (TPSA) is 26.3 Å². The molecular formula is C21H15IO2Se. The van der Waals surface area contributed by atoms with Crippen molar-refractivity contribution in [1.29, 1.82) is 0 Å². The molecule has 0 fully saturated rings. The van der Waals surface area contributed by atoms with E-state index in [9.17, 15) is 4.79 Å². The van der Waals surface area contributed by atoms with Gasteiger partial charge in [-0.1, -0.05) is 0 Å². The molecule has 1 aliphatic rings. The van der Waals surface area contributed by atoms with Gasteiger partial charge in [-0.2, -0.15) is 0 Å². The molecule has 25 heavy (non-hydrogen) atoms. The molecule has 124 valence electrons. The van der Waals surface area contributed by atoms with Crippen LogP contribution in [0.2, 0.25) is 5.32 Å². The van der Waals surface area contributed by atoms with E-state index in [1.165, 1.54) is 8.03 Å². The molecule has 0 amide bonds. The van der Waals surface area contributed by atoms with E-state index in [4.69, 9.17) is 4.74 Å². The number of carbonyl (C=O) groups is 1. The molecule has 0 spiro atoms. The number of fused-ring (bicyclic) bond motifs is 1. The van der Waals surface area contributed by atoms with Crippen LogP contribution in [0.5, 0.6) is 0 Å². The van der Waals surface area contributed by atoms with Crippen LogP contribution in [0.1, 0.15) is 21.5 Å². The number of ether oxygens (including phenoxy) is 1. The summed E-state index contributed by atoms with van der Waals surface area (Å²) >= 11 is 2.49. The van der Waals surface area contributed by atoms with Crippen LogP contribution in [0.3, 0.4) is 0 Å². The molecule has 2 nitrogen and oxygen atoms in total. The summed E-state index contributed by atoms with van der Waals surface area (Å²) in [7, 11) is 0. The van der Waals surface area contributed by atoms with Crippen molar-refractivity contribution in [2.75, 3.05) is 0 Å². The molecule has 0 saturated heterocycles. The number of hydrogen-bond donors (Lipinski definition) is 0. The molecule has 3 aromatic carbocycles. The predicted molar refractivity (Wildman–Crippen MR) is 108 cm³/mol. The SMILES string of the molecule is O=C1OC(C[Se]c2ccccc2)(c2ccc(I)cc2)c2ccccc21. The van der Waals surface area contributed by atoms with Crippen molar-refractivity contribution in [3.63, 3.8) is 0 Å². The summed E-state index contributed by atoms with van der Waals surface area (Å²) in [6.07, 6.45) is 0. The first-order valence-corrected chi connectivity index (χ1v) is 11.1. The predicted octanol–water partition coefficient (Wildman–Crippen LogP) is 4.15. The Hall–Kier alpha value is -1.62. The third kappa shape index (κ3) is 3.14. The Labute approximate surface area is 166 Å². The van der Waals surface area contributed by atoms with E-state index in [0.717, 1.165) is 16.4 Å². The Morgan fingerprint density at radius 3 is 2.32 bits per heavy atom. The van der Waals surface area contributed by atoms with Crippen LogP contribution in [0, 0.1) is 3.57 Å². The molecule has 1 atom stereocenters. The summed E-state index contributed by atoms with van der Waals surface area (Å²) < 4.78 is 8.52. The Morgan fingerprint density at radius 1 is 0.880 bits per heavy atom. The second kappa shape index (κ2) is 6.94. The number of hydrogen-bond acceptors (Lipinski definition) is 2. The monoisotopic (exact) mass is 506 g/mol. The van der Waals surface area contributed by atoms with Gasteiger partial charge in [-0.25, -0.2) is 0 Å². The molecule has 0 aromatic heterocycles. The maximum atomic E-state index is 12.5. The van der Waals surface area contributed by atoms with E-state index in [1.807, 2.05) is 30.3 Å². The molecule has 4 rings (SSSR count). The number of esters is 1. The zero-order valence-corrected chi connectivity index (χ0v) is 17.2. The average Bonchev–Trinajstić information content (AvgIpc) is 2.95. The van der Waals surface area contributed by atoms with Crippen molar-refractivity contribution in [3.05, 3.63) is 99.1 Å². The molecule has 1 unspecified atom stereocenters. The van der Waals surface area contributed by atoms with Gasteiger partial charge in [0, 0.05) is 0 Å². The fourth-order valence-corrected chi connectivity index (χ4v) is 5.78. The van der Waals surface area contributed by atoms with Crippen molar-refractivity contribution in [3.8, 4) is 0 Å². The van der Waals surface area contributed by atoms with Crippen molar-refractivity contribution >= 4 is 48.0 Å². The fraction of sp³-hybridized carbons (Fsp3) is 0.0952. The van der Waals surface area contributed by atoms with Crippen molar-refractivity contribution in [2.45, 2.75) is 10.9 Å². The normalized spacial score (nSPS) is 18.7. The quantitative estimate of drug-likeness (QED) is 0.303. The van der Waals surface area contributed by atoms with Crippen molar-refractivity contribution < 1.29 is 9.53 Å². The van der Waals surface area contributed by atoms with Crippen molar-refractivity contribution in [2.24, 2.45) is 0 Å². The zero-order valence-electron chi connectivity index (χ0n) is 13.3. The molecule has 1 heterocycles. The number of halogens is 1. The molecule has 0 N–H and O–H groups in total. The fourth-order valence-electron chi connectivity index (χ4n) is 3.11. The molecule has 0 saturated carbocycles. The summed E-state index contributed by atoms with van der Waals surface area (Å²) in [5.41, 5.74) is 2.03. The Balaban J connectivity index is 1.79. The van der Waals surface area contributed by atoms with E-state index >= 15 is 0 Å². The van der Waals surface area contributed by atoms with Crippen LogP contribution in [-0.2, 0) is 10.3 Å². The van der Waals surface area contributed by atoms with E-state index in [1.54, 1.807) is 0 Å². The van der Waals surface area contributed by atoms with Gasteiger partial charge >= 0.3 is 168 Å². The molecule has 1 aliphatic heterocycles. The van der Waals surface area contributed by atoms with E-state index in [-0.39, 0.29) is 20.9 Å². The van der Waals surface area contributed by atoms with Crippen molar-refractivity contribution in [1.82, 2.24) is 0 Å². The van der Waals surface area contributed by atoms with Gasteiger partial charge in [0.25, 0.3) is 0 Å². The van der Waals surface area contributed by atoms with Crippen LogP contribution in [-0.4, -0.2) is 20.9 Å². The first kappa shape index (κ1) is 16.8. The molecule has 3 aromatic rings. The summed E-state index contributed by atoms with van der Waals surface area (Å²) in [4.78, 5) is 12.5. The summed E-state index contributed by atoms with van der Waals surface area (Å²) in [5.74, 6) is -0.224. The second-order valence-electron chi connectivity index (χ2n) is 5.87. The molecule has 4 heteroatoms. The summed E-state index contributed by atoms with van der Waals surface area (Å²) in [6, 6.07) is 26.5. The molecule has 0 bridgehead atoms. The third-order valence-corrected chi connectivity index (χ3v) is 7.49. The van der Waals surface area contributed by atoms with E-state index in [0.29, 0.717) is 5.56 Å². The number of rotatable bonds is 4. The van der Waals surface area contributed by atoms with Gasteiger partial charge in [0.1, 0.15) is 0 Å². The summed E-state index contributed by atoms with van der Waals surface area (Å²) in [5, 5.41) is 0.785.